The fourth-order valence-electron chi connectivity index (χ4n) is 4.35. The first kappa shape index (κ1) is 28.0. The van der Waals surface area contributed by atoms with Crippen molar-refractivity contribution < 1.29 is 31.7 Å². The quantitative estimate of drug-likeness (QED) is 0.496. The van der Waals surface area contributed by atoms with Gasteiger partial charge in [0.1, 0.15) is 17.2 Å². The summed E-state index contributed by atoms with van der Waals surface area (Å²) in [4.78, 5) is 29.5. The number of ether oxygens (including phenoxy) is 2. The van der Waals surface area contributed by atoms with E-state index in [0.29, 0.717) is 41.5 Å². The topological polar surface area (TPSA) is 102 Å². The van der Waals surface area contributed by atoms with Crippen molar-refractivity contribution in [1.29, 1.82) is 0 Å². The SMILES string of the molecule is CC(C)(C)OC(=O)N1CCC[C@H]1C(=O)N1CCO[C@](CCOS(C)(=O)=O)(c2ccc(Cl)c(Cl)c2)C1. The van der Waals surface area contributed by atoms with Crippen LogP contribution in [0.15, 0.2) is 18.2 Å². The Balaban J connectivity index is 1.85. The Kier molecular flexibility index (Phi) is 8.64. The normalized spacial score (nSPS) is 23.4. The first-order valence-electron chi connectivity index (χ1n) is 11.4. The van der Waals surface area contributed by atoms with Gasteiger partial charge in [0.15, 0.2) is 0 Å². The number of morpholine rings is 1. The maximum atomic E-state index is 13.6. The fraction of sp³-hybridized carbons (Fsp3) is 0.652. The molecule has 0 aromatic heterocycles. The van der Waals surface area contributed by atoms with Crippen molar-refractivity contribution in [3.8, 4) is 0 Å². The van der Waals surface area contributed by atoms with Gasteiger partial charge in [0, 0.05) is 19.5 Å². The van der Waals surface area contributed by atoms with E-state index in [1.54, 1.807) is 43.9 Å². The van der Waals surface area contributed by atoms with Gasteiger partial charge in [0.2, 0.25) is 5.91 Å². The number of halogens is 2. The van der Waals surface area contributed by atoms with Crippen molar-refractivity contribution in [2.24, 2.45) is 0 Å². The molecular formula is C23H32Cl2N2O7S. The van der Waals surface area contributed by atoms with Crippen LogP contribution in [0.4, 0.5) is 4.79 Å². The lowest BCUT2D eigenvalue weighted by molar-refractivity contribution is -0.159. The summed E-state index contributed by atoms with van der Waals surface area (Å²) in [5.41, 5.74) is -1.09. The van der Waals surface area contributed by atoms with Gasteiger partial charge in [-0.15, -0.1) is 0 Å². The third-order valence-corrected chi connectivity index (χ3v) is 7.25. The van der Waals surface area contributed by atoms with Crippen molar-refractivity contribution in [1.82, 2.24) is 9.80 Å². The van der Waals surface area contributed by atoms with Crippen LogP contribution >= 0.6 is 23.2 Å². The van der Waals surface area contributed by atoms with Crippen molar-refractivity contribution in [2.75, 3.05) is 39.1 Å². The molecule has 0 bridgehead atoms. The number of carbonyl (C=O) groups is 2. The van der Waals surface area contributed by atoms with Crippen LogP contribution < -0.4 is 0 Å². The molecule has 0 unspecified atom stereocenters. The van der Waals surface area contributed by atoms with Crippen molar-refractivity contribution in [2.45, 2.75) is 57.3 Å². The van der Waals surface area contributed by atoms with E-state index < -0.39 is 33.5 Å². The second-order valence-electron chi connectivity index (χ2n) is 9.84. The fourth-order valence-corrected chi connectivity index (χ4v) is 5.04. The van der Waals surface area contributed by atoms with Crippen LogP contribution in [0, 0.1) is 0 Å². The highest BCUT2D eigenvalue weighted by Gasteiger charge is 2.44. The Labute approximate surface area is 216 Å². The summed E-state index contributed by atoms with van der Waals surface area (Å²) >= 11 is 12.4. The van der Waals surface area contributed by atoms with Gasteiger partial charge in [-0.3, -0.25) is 13.9 Å². The van der Waals surface area contributed by atoms with Crippen LogP contribution in [-0.2, 0) is 34.2 Å². The molecule has 1 aromatic carbocycles. The number of nitrogens with zero attached hydrogens (tertiary/aromatic N) is 2. The molecule has 2 fully saturated rings. The number of hydrogen-bond donors (Lipinski definition) is 0. The second kappa shape index (κ2) is 10.8. The number of hydrogen-bond acceptors (Lipinski definition) is 7. The van der Waals surface area contributed by atoms with Crippen LogP contribution in [0.1, 0.15) is 45.6 Å². The third-order valence-electron chi connectivity index (χ3n) is 5.91. The average molecular weight is 551 g/mol. The minimum Gasteiger partial charge on any atom is -0.444 e. The van der Waals surface area contributed by atoms with Gasteiger partial charge >= 0.3 is 6.09 Å². The van der Waals surface area contributed by atoms with E-state index in [1.165, 1.54) is 4.90 Å². The standard InChI is InChI=1S/C23H32Cl2N2O7S/c1-22(2,3)34-21(29)27-10-5-6-19(27)20(28)26-11-13-32-23(15-26,9-12-33-35(4,30)31)16-7-8-17(24)18(25)14-16/h7-8,14,19H,5-6,9-13,15H2,1-4H3/t19-,23-/m0/s1. The molecule has 12 heteroatoms. The highest BCUT2D eigenvalue weighted by molar-refractivity contribution is 7.85. The average Bonchev–Trinajstić information content (AvgIpc) is 3.23. The summed E-state index contributed by atoms with van der Waals surface area (Å²) < 4.78 is 39.7. The summed E-state index contributed by atoms with van der Waals surface area (Å²) in [5.74, 6) is -0.204. The van der Waals surface area contributed by atoms with Gasteiger partial charge in [0.25, 0.3) is 10.1 Å². The largest absolute Gasteiger partial charge is 0.444 e. The van der Waals surface area contributed by atoms with Gasteiger partial charge in [-0.25, -0.2) is 4.79 Å². The van der Waals surface area contributed by atoms with E-state index in [0.717, 1.165) is 6.26 Å². The molecule has 0 saturated carbocycles. The number of benzene rings is 1. The van der Waals surface area contributed by atoms with Gasteiger partial charge < -0.3 is 14.4 Å². The molecule has 196 valence electrons. The summed E-state index contributed by atoms with van der Waals surface area (Å²) in [6.07, 6.45) is 1.84. The summed E-state index contributed by atoms with van der Waals surface area (Å²) in [7, 11) is -3.66. The van der Waals surface area contributed by atoms with Crippen molar-refractivity contribution in [3.05, 3.63) is 33.8 Å². The number of rotatable bonds is 6. The highest BCUT2D eigenvalue weighted by atomic mass is 35.5. The minimum atomic E-state index is -3.66. The van der Waals surface area contributed by atoms with Crippen LogP contribution in [0.25, 0.3) is 0 Å². The van der Waals surface area contributed by atoms with E-state index in [2.05, 4.69) is 0 Å². The lowest BCUT2D eigenvalue weighted by atomic mass is 9.88. The van der Waals surface area contributed by atoms with Crippen LogP contribution in [-0.4, -0.2) is 81.0 Å². The second-order valence-corrected chi connectivity index (χ2v) is 12.3. The molecule has 2 heterocycles. The summed E-state index contributed by atoms with van der Waals surface area (Å²) in [5, 5.41) is 0.673. The van der Waals surface area contributed by atoms with Crippen LogP contribution in [0.2, 0.25) is 10.0 Å². The van der Waals surface area contributed by atoms with E-state index in [9.17, 15) is 18.0 Å². The van der Waals surface area contributed by atoms with Gasteiger partial charge in [-0.05, 0) is 51.3 Å². The first-order valence-corrected chi connectivity index (χ1v) is 14.0. The predicted octanol–water partition coefficient (Wildman–Crippen LogP) is 3.81. The molecule has 2 aliphatic rings. The van der Waals surface area contributed by atoms with Crippen LogP contribution in [0.3, 0.4) is 0 Å². The van der Waals surface area contributed by atoms with Crippen molar-refractivity contribution >= 4 is 45.3 Å². The monoisotopic (exact) mass is 550 g/mol. The zero-order valence-corrected chi connectivity index (χ0v) is 22.7. The molecule has 2 aliphatic heterocycles. The molecule has 2 atom stereocenters. The third kappa shape index (κ3) is 7.22. The Hall–Kier alpha value is -1.59. The smallest absolute Gasteiger partial charge is 0.410 e. The van der Waals surface area contributed by atoms with Crippen molar-refractivity contribution in [3.63, 3.8) is 0 Å². The van der Waals surface area contributed by atoms with E-state index in [1.807, 2.05) is 0 Å². The van der Waals surface area contributed by atoms with Gasteiger partial charge in [0.05, 0.1) is 36.1 Å². The van der Waals surface area contributed by atoms with E-state index in [-0.39, 0.29) is 32.1 Å². The number of amides is 2. The van der Waals surface area contributed by atoms with Gasteiger partial charge in [-0.2, -0.15) is 8.42 Å². The Bertz CT molecular complexity index is 1060. The zero-order valence-electron chi connectivity index (χ0n) is 20.4. The molecule has 2 amide bonds. The Morgan fingerprint density at radius 1 is 1.20 bits per heavy atom. The maximum Gasteiger partial charge on any atom is 0.410 e. The number of likely N-dealkylation sites (tertiary alicyclic amines) is 1. The number of carbonyl (C=O) groups excluding carboxylic acids is 2. The maximum absolute atomic E-state index is 13.6. The minimum absolute atomic E-state index is 0.134. The molecule has 0 aliphatic carbocycles. The lowest BCUT2D eigenvalue weighted by Gasteiger charge is -2.44. The molecule has 2 saturated heterocycles. The first-order chi connectivity index (χ1) is 16.2. The molecule has 0 radical (unpaired) electrons. The molecule has 35 heavy (non-hydrogen) atoms. The zero-order chi connectivity index (χ0) is 26.0. The molecule has 9 nitrogen and oxygen atoms in total. The van der Waals surface area contributed by atoms with E-state index >= 15 is 0 Å². The lowest BCUT2D eigenvalue weighted by Crippen LogP contribution is -2.57. The predicted molar refractivity (Wildman–Crippen MR) is 132 cm³/mol. The molecular weight excluding hydrogens is 519 g/mol. The molecule has 1 aromatic rings. The molecule has 0 spiro atoms. The summed E-state index contributed by atoms with van der Waals surface area (Å²) in [6.45, 7) is 6.31. The Morgan fingerprint density at radius 2 is 1.91 bits per heavy atom. The Morgan fingerprint density at radius 3 is 2.54 bits per heavy atom. The molecule has 0 N–H and O–H groups in total. The van der Waals surface area contributed by atoms with Gasteiger partial charge in [-0.1, -0.05) is 29.3 Å². The van der Waals surface area contributed by atoms with Crippen LogP contribution in [0.5, 0.6) is 0 Å². The van der Waals surface area contributed by atoms with E-state index in [4.69, 9.17) is 36.9 Å². The summed E-state index contributed by atoms with van der Waals surface area (Å²) in [6, 6.07) is 4.39. The highest BCUT2D eigenvalue weighted by Crippen LogP contribution is 2.37. The molecule has 3 rings (SSSR count).